The van der Waals surface area contributed by atoms with E-state index in [4.69, 9.17) is 16.0 Å². The minimum atomic E-state index is -4.45. The predicted molar refractivity (Wildman–Crippen MR) is 108 cm³/mol. The van der Waals surface area contributed by atoms with Gasteiger partial charge in [-0.3, -0.25) is 4.79 Å². The summed E-state index contributed by atoms with van der Waals surface area (Å²) in [4.78, 5) is 18.7. The fraction of sp³-hybridized carbons (Fsp3) is 0.364. The number of carbonyl (C=O) groups is 1. The van der Waals surface area contributed by atoms with Crippen LogP contribution in [0.15, 0.2) is 46.9 Å². The third kappa shape index (κ3) is 4.03. The minimum Gasteiger partial charge on any atom is -0.438 e. The van der Waals surface area contributed by atoms with Crippen molar-refractivity contribution in [1.29, 1.82) is 0 Å². The van der Waals surface area contributed by atoms with Gasteiger partial charge in [0.25, 0.3) is 0 Å². The number of hydrogen-bond acceptors (Lipinski definition) is 3. The molecule has 1 aliphatic heterocycles. The number of amides is 1. The number of hydrogen-bond donors (Lipinski definition) is 0. The highest BCUT2D eigenvalue weighted by Gasteiger charge is 2.34. The lowest BCUT2D eigenvalue weighted by atomic mass is 9.99. The fourth-order valence-corrected chi connectivity index (χ4v) is 4.05. The van der Waals surface area contributed by atoms with Gasteiger partial charge in [-0.2, -0.15) is 13.2 Å². The van der Waals surface area contributed by atoms with Crippen molar-refractivity contribution >= 4 is 28.6 Å². The zero-order valence-corrected chi connectivity index (χ0v) is 16.8. The molecule has 1 aliphatic rings. The van der Waals surface area contributed by atoms with E-state index < -0.39 is 11.7 Å². The number of carbonyl (C=O) groups excluding carboxylic acids is 1. The third-order valence-corrected chi connectivity index (χ3v) is 5.60. The lowest BCUT2D eigenvalue weighted by Crippen LogP contribution is -2.30. The van der Waals surface area contributed by atoms with Gasteiger partial charge in [0, 0.05) is 18.8 Å². The molecule has 2 heterocycles. The van der Waals surface area contributed by atoms with Crippen molar-refractivity contribution in [3.63, 3.8) is 0 Å². The van der Waals surface area contributed by atoms with Crippen LogP contribution in [0.25, 0.3) is 22.2 Å². The van der Waals surface area contributed by atoms with Crippen molar-refractivity contribution in [2.24, 2.45) is 0 Å². The number of benzene rings is 2. The Balaban J connectivity index is 1.66. The molecule has 3 aromatic rings. The summed E-state index contributed by atoms with van der Waals surface area (Å²) in [5.41, 5.74) is 0.768. The molecule has 0 aliphatic carbocycles. The first kappa shape index (κ1) is 20.7. The van der Waals surface area contributed by atoms with Crippen molar-refractivity contribution in [3.8, 4) is 11.1 Å². The Morgan fingerprint density at radius 2 is 2.03 bits per heavy atom. The second-order valence-corrected chi connectivity index (χ2v) is 7.69. The molecule has 158 valence electrons. The van der Waals surface area contributed by atoms with Gasteiger partial charge in [-0.05, 0) is 48.6 Å². The van der Waals surface area contributed by atoms with Crippen LogP contribution in [0.4, 0.5) is 13.2 Å². The number of rotatable bonds is 5. The summed E-state index contributed by atoms with van der Waals surface area (Å²) in [5, 5.41) is 0. The molecule has 0 unspecified atom stereocenters. The van der Waals surface area contributed by atoms with E-state index in [1.165, 1.54) is 12.1 Å². The summed E-state index contributed by atoms with van der Waals surface area (Å²) in [7, 11) is 0. The summed E-state index contributed by atoms with van der Waals surface area (Å²) in [6, 6.07) is 10.0. The molecule has 1 amide bonds. The van der Waals surface area contributed by atoms with Crippen molar-refractivity contribution in [2.75, 3.05) is 12.4 Å². The quantitative estimate of drug-likeness (QED) is 0.447. The molecule has 30 heavy (non-hydrogen) atoms. The Kier molecular flexibility index (Phi) is 5.73. The number of nitrogens with zero attached hydrogens (tertiary/aromatic N) is 2. The normalized spacial score (nSPS) is 17.1. The average molecular weight is 437 g/mol. The minimum absolute atomic E-state index is 0.0141. The van der Waals surface area contributed by atoms with Crippen LogP contribution in [0.2, 0.25) is 0 Å². The molecule has 1 aromatic heterocycles. The van der Waals surface area contributed by atoms with Crippen molar-refractivity contribution in [2.45, 2.75) is 37.9 Å². The van der Waals surface area contributed by atoms with Crippen molar-refractivity contribution in [3.05, 3.63) is 53.9 Å². The second kappa shape index (κ2) is 8.30. The van der Waals surface area contributed by atoms with E-state index in [-0.39, 0.29) is 17.5 Å². The predicted octanol–water partition coefficient (Wildman–Crippen LogP) is 6.20. The molecule has 8 heteroatoms. The van der Waals surface area contributed by atoms with Crippen LogP contribution in [0.5, 0.6) is 0 Å². The molecular weight excluding hydrogens is 417 g/mol. The monoisotopic (exact) mass is 436 g/mol. The second-order valence-electron chi connectivity index (χ2n) is 7.32. The Hall–Kier alpha value is -2.54. The van der Waals surface area contributed by atoms with E-state index in [9.17, 15) is 18.0 Å². The van der Waals surface area contributed by atoms with Gasteiger partial charge in [0.2, 0.25) is 11.8 Å². The number of oxazole rings is 1. The van der Waals surface area contributed by atoms with Crippen LogP contribution < -0.4 is 0 Å². The standard InChI is InChI=1S/C22H20ClF3N2O2/c23-11-3-8-20(29)28-12-4-7-18(28)21-27-17-13-14(9-10-19(17)30-21)15-5-1-2-6-16(15)22(24,25)26/h1-2,5-6,9-10,13,18H,3-4,7-8,11-12H2/t18-/m0/s1. The molecule has 0 radical (unpaired) electrons. The molecule has 0 N–H and O–H groups in total. The van der Waals surface area contributed by atoms with E-state index >= 15 is 0 Å². The van der Waals surface area contributed by atoms with E-state index in [0.717, 1.165) is 18.9 Å². The largest absolute Gasteiger partial charge is 0.438 e. The number of aromatic nitrogens is 1. The fourth-order valence-electron chi connectivity index (χ4n) is 3.92. The Labute approximate surface area is 176 Å². The molecule has 0 spiro atoms. The summed E-state index contributed by atoms with van der Waals surface area (Å²) in [6.45, 7) is 0.634. The molecule has 1 atom stereocenters. The lowest BCUT2D eigenvalue weighted by Gasteiger charge is -2.22. The maximum absolute atomic E-state index is 13.4. The van der Waals surface area contributed by atoms with E-state index in [0.29, 0.717) is 47.8 Å². The van der Waals surface area contributed by atoms with Crippen LogP contribution in [-0.4, -0.2) is 28.2 Å². The maximum atomic E-state index is 13.4. The highest BCUT2D eigenvalue weighted by atomic mass is 35.5. The van der Waals surface area contributed by atoms with Crippen LogP contribution in [0, 0.1) is 0 Å². The van der Waals surface area contributed by atoms with Crippen molar-refractivity contribution in [1.82, 2.24) is 9.88 Å². The van der Waals surface area contributed by atoms with E-state index in [2.05, 4.69) is 4.98 Å². The number of alkyl halides is 4. The van der Waals surface area contributed by atoms with Gasteiger partial charge in [-0.25, -0.2) is 4.98 Å². The van der Waals surface area contributed by atoms with E-state index in [1.807, 2.05) is 0 Å². The van der Waals surface area contributed by atoms with Gasteiger partial charge < -0.3 is 9.32 Å². The Morgan fingerprint density at radius 3 is 2.80 bits per heavy atom. The summed E-state index contributed by atoms with van der Waals surface area (Å²) in [6.07, 6.45) is -1.88. The highest BCUT2D eigenvalue weighted by Crippen LogP contribution is 2.39. The number of likely N-dealkylation sites (tertiary alicyclic amines) is 1. The molecule has 1 saturated heterocycles. The number of halogens is 4. The van der Waals surface area contributed by atoms with Gasteiger partial charge >= 0.3 is 6.18 Å². The zero-order valence-electron chi connectivity index (χ0n) is 16.1. The van der Waals surface area contributed by atoms with E-state index in [1.54, 1.807) is 29.2 Å². The molecule has 4 nitrogen and oxygen atoms in total. The summed E-state index contributed by atoms with van der Waals surface area (Å²) >= 11 is 5.69. The SMILES string of the molecule is O=C(CCCCl)N1CCC[C@H]1c1nc2cc(-c3ccccc3C(F)(F)F)ccc2o1. The number of fused-ring (bicyclic) bond motifs is 1. The molecular formula is C22H20ClF3N2O2. The first-order valence-electron chi connectivity index (χ1n) is 9.81. The smallest absolute Gasteiger partial charge is 0.417 e. The first-order valence-corrected chi connectivity index (χ1v) is 10.3. The summed E-state index contributed by atoms with van der Waals surface area (Å²) < 4.78 is 46.0. The maximum Gasteiger partial charge on any atom is 0.417 e. The van der Waals surface area contributed by atoms with Gasteiger partial charge in [0.05, 0.1) is 5.56 Å². The van der Waals surface area contributed by atoms with Crippen LogP contribution >= 0.6 is 11.6 Å². The third-order valence-electron chi connectivity index (χ3n) is 5.33. The Bertz CT molecular complexity index is 1060. The van der Waals surface area contributed by atoms with Crippen molar-refractivity contribution < 1.29 is 22.4 Å². The zero-order chi connectivity index (χ0) is 21.3. The van der Waals surface area contributed by atoms with Crippen LogP contribution in [-0.2, 0) is 11.0 Å². The lowest BCUT2D eigenvalue weighted by molar-refractivity contribution is -0.137. The molecule has 2 aromatic carbocycles. The highest BCUT2D eigenvalue weighted by molar-refractivity contribution is 6.17. The molecule has 0 bridgehead atoms. The van der Waals surface area contributed by atoms with Gasteiger partial charge in [-0.15, -0.1) is 11.6 Å². The average Bonchev–Trinajstić information content (AvgIpc) is 3.37. The van der Waals surface area contributed by atoms with Crippen LogP contribution in [0.1, 0.15) is 43.2 Å². The first-order chi connectivity index (χ1) is 14.4. The molecule has 0 saturated carbocycles. The Morgan fingerprint density at radius 1 is 1.23 bits per heavy atom. The summed E-state index contributed by atoms with van der Waals surface area (Å²) in [5.74, 6) is 0.859. The van der Waals surface area contributed by atoms with Crippen LogP contribution in [0.3, 0.4) is 0 Å². The van der Waals surface area contributed by atoms with Gasteiger partial charge in [0.1, 0.15) is 11.6 Å². The molecule has 4 rings (SSSR count). The molecule has 1 fully saturated rings. The van der Waals surface area contributed by atoms with Gasteiger partial charge in [0.15, 0.2) is 5.58 Å². The topological polar surface area (TPSA) is 46.3 Å². The van der Waals surface area contributed by atoms with Gasteiger partial charge in [-0.1, -0.05) is 24.3 Å².